The summed E-state index contributed by atoms with van der Waals surface area (Å²) in [4.78, 5) is 10.5. The first-order valence-corrected chi connectivity index (χ1v) is 7.68. The van der Waals surface area contributed by atoms with E-state index in [4.69, 9.17) is 25.5 Å². The minimum atomic E-state index is -2.20. The van der Waals surface area contributed by atoms with Gasteiger partial charge in [-0.2, -0.15) is 0 Å². The van der Waals surface area contributed by atoms with Crippen LogP contribution in [0.3, 0.4) is 0 Å². The Hall–Kier alpha value is -0.270. The van der Waals surface area contributed by atoms with Crippen LogP contribution < -0.4 is 12.4 Å². The highest BCUT2D eigenvalue weighted by atomic mass is 35.5. The number of hydrogen-bond acceptors (Lipinski definition) is 7. The van der Waals surface area contributed by atoms with Crippen LogP contribution in [0.2, 0.25) is 0 Å². The Morgan fingerprint density at radius 2 is 1.42 bits per heavy atom. The molecule has 0 amide bonds. The van der Waals surface area contributed by atoms with Gasteiger partial charge in [0.25, 0.3) is 0 Å². The Balaban J connectivity index is -0.000000256. The smallest absolute Gasteiger partial charge is 0.333 e. The molecular weight excluding hydrogens is 299 g/mol. The SMILES string of the molecule is C=C(C)C(=O)OCCO.OC[P+](CO)(CO)CO.[Cl-]. The van der Waals surface area contributed by atoms with Gasteiger partial charge in [-0.3, -0.25) is 0 Å². The fourth-order valence-electron chi connectivity index (χ4n) is 0.530. The van der Waals surface area contributed by atoms with Gasteiger partial charge < -0.3 is 42.7 Å². The van der Waals surface area contributed by atoms with E-state index in [9.17, 15) is 4.79 Å². The van der Waals surface area contributed by atoms with E-state index in [-0.39, 0.29) is 51.0 Å². The lowest BCUT2D eigenvalue weighted by Crippen LogP contribution is -3.00. The lowest BCUT2D eigenvalue weighted by atomic mass is 10.4. The van der Waals surface area contributed by atoms with Crippen LogP contribution in [0.5, 0.6) is 0 Å². The third kappa shape index (κ3) is 11.3. The largest absolute Gasteiger partial charge is 1.00 e. The van der Waals surface area contributed by atoms with Crippen LogP contribution in [-0.2, 0) is 9.53 Å². The summed E-state index contributed by atoms with van der Waals surface area (Å²) in [7, 11) is -2.20. The molecule has 0 aromatic rings. The van der Waals surface area contributed by atoms with Crippen molar-refractivity contribution in [2.24, 2.45) is 0 Å². The number of carbonyl (C=O) groups excluding carboxylic acids is 1. The number of carbonyl (C=O) groups is 1. The number of esters is 1. The number of ether oxygens (including phenoxy) is 1. The monoisotopic (exact) mass is 320 g/mol. The normalized spacial score (nSPS) is 9.79. The fraction of sp³-hybridized carbons (Fsp3) is 0.700. The zero-order chi connectivity index (χ0) is 14.6. The highest BCUT2D eigenvalue weighted by Crippen LogP contribution is 2.54. The van der Waals surface area contributed by atoms with Crippen molar-refractivity contribution in [2.75, 3.05) is 38.6 Å². The van der Waals surface area contributed by atoms with Gasteiger partial charge in [0.1, 0.15) is 13.9 Å². The zero-order valence-electron chi connectivity index (χ0n) is 10.8. The van der Waals surface area contributed by atoms with Crippen LogP contribution in [0.4, 0.5) is 0 Å². The summed E-state index contributed by atoms with van der Waals surface area (Å²) in [5, 5.41) is 42.4. The van der Waals surface area contributed by atoms with Crippen molar-refractivity contribution in [3.63, 3.8) is 0 Å². The Kier molecular flexibility index (Phi) is 17.7. The van der Waals surface area contributed by atoms with E-state index in [0.29, 0.717) is 5.57 Å². The number of halogens is 1. The molecule has 0 aromatic heterocycles. The zero-order valence-corrected chi connectivity index (χ0v) is 12.5. The van der Waals surface area contributed by atoms with Crippen molar-refractivity contribution < 1.29 is 47.5 Å². The lowest BCUT2D eigenvalue weighted by molar-refractivity contribution is -0.139. The Labute approximate surface area is 119 Å². The van der Waals surface area contributed by atoms with Gasteiger partial charge in [0.2, 0.25) is 0 Å². The number of rotatable bonds is 7. The van der Waals surface area contributed by atoms with Gasteiger partial charge in [0, 0.05) is 5.57 Å². The van der Waals surface area contributed by atoms with E-state index < -0.39 is 13.2 Å². The van der Waals surface area contributed by atoms with Crippen molar-refractivity contribution in [3.05, 3.63) is 12.2 Å². The first-order valence-electron chi connectivity index (χ1n) is 5.15. The maximum Gasteiger partial charge on any atom is 0.333 e. The van der Waals surface area contributed by atoms with Gasteiger partial charge >= 0.3 is 5.97 Å². The molecule has 0 aliphatic carbocycles. The van der Waals surface area contributed by atoms with E-state index in [1.165, 1.54) is 0 Å². The predicted octanol–water partition coefficient (Wildman–Crippen LogP) is -4.09. The third-order valence-corrected chi connectivity index (χ3v) is 4.27. The van der Waals surface area contributed by atoms with Crippen molar-refractivity contribution in [1.29, 1.82) is 0 Å². The quantitative estimate of drug-likeness (QED) is 0.183. The maximum atomic E-state index is 10.5. The Morgan fingerprint density at radius 3 is 1.58 bits per heavy atom. The van der Waals surface area contributed by atoms with Crippen LogP contribution in [0.25, 0.3) is 0 Å². The molecule has 0 spiro atoms. The minimum absolute atomic E-state index is 0. The van der Waals surface area contributed by atoms with Crippen molar-refractivity contribution in [2.45, 2.75) is 6.92 Å². The number of aliphatic hydroxyl groups is 5. The van der Waals surface area contributed by atoms with Gasteiger partial charge in [-0.1, -0.05) is 6.58 Å². The van der Waals surface area contributed by atoms with Crippen LogP contribution >= 0.6 is 7.26 Å². The minimum Gasteiger partial charge on any atom is -1.00 e. The van der Waals surface area contributed by atoms with Crippen LogP contribution in [-0.4, -0.2) is 70.1 Å². The molecule has 0 saturated heterocycles. The molecule has 9 heteroatoms. The highest BCUT2D eigenvalue weighted by Gasteiger charge is 2.34. The number of aliphatic hydroxyl groups excluding tert-OH is 5. The molecule has 0 fully saturated rings. The molecule has 5 N–H and O–H groups in total. The summed E-state index contributed by atoms with van der Waals surface area (Å²) in [6, 6.07) is 0. The summed E-state index contributed by atoms with van der Waals surface area (Å²) >= 11 is 0. The van der Waals surface area contributed by atoms with Crippen LogP contribution in [0, 0.1) is 0 Å². The second kappa shape index (κ2) is 14.1. The molecule has 0 aliphatic rings. The summed E-state index contributed by atoms with van der Waals surface area (Å²) in [5.41, 5.74) is 0.350. The van der Waals surface area contributed by atoms with E-state index in [2.05, 4.69) is 11.3 Å². The third-order valence-electron chi connectivity index (χ3n) is 1.87. The molecule has 19 heavy (non-hydrogen) atoms. The molecule has 0 bridgehead atoms. The summed E-state index contributed by atoms with van der Waals surface area (Å²) in [6.07, 6.45) is -1.18. The van der Waals surface area contributed by atoms with Crippen LogP contribution in [0.15, 0.2) is 12.2 Å². The molecule has 0 aliphatic heterocycles. The average molecular weight is 321 g/mol. The predicted molar refractivity (Wildman–Crippen MR) is 68.1 cm³/mol. The van der Waals surface area contributed by atoms with Crippen LogP contribution in [0.1, 0.15) is 6.92 Å². The molecule has 116 valence electrons. The molecule has 0 atom stereocenters. The summed E-state index contributed by atoms with van der Waals surface area (Å²) in [5.74, 6) is -0.455. The molecule has 0 rings (SSSR count). The second-order valence-corrected chi connectivity index (χ2v) is 7.36. The molecule has 0 radical (unpaired) electrons. The molecular formula is C10H22ClO7P. The van der Waals surface area contributed by atoms with Gasteiger partial charge in [-0.05, 0) is 6.92 Å². The summed E-state index contributed by atoms with van der Waals surface area (Å²) < 4.78 is 4.46. The average Bonchev–Trinajstić information content (AvgIpc) is 2.40. The molecule has 0 saturated carbocycles. The van der Waals surface area contributed by atoms with Crippen molar-refractivity contribution >= 4 is 13.2 Å². The first-order chi connectivity index (χ1) is 8.42. The second-order valence-electron chi connectivity index (χ2n) is 3.55. The van der Waals surface area contributed by atoms with Gasteiger partial charge in [-0.25, -0.2) is 4.79 Å². The lowest BCUT2D eigenvalue weighted by Gasteiger charge is -2.15. The Morgan fingerprint density at radius 1 is 1.05 bits per heavy atom. The van der Waals surface area contributed by atoms with E-state index >= 15 is 0 Å². The van der Waals surface area contributed by atoms with E-state index in [0.717, 1.165) is 0 Å². The number of hydrogen-bond donors (Lipinski definition) is 5. The highest BCUT2D eigenvalue weighted by molar-refractivity contribution is 7.75. The standard InChI is InChI=1S/C6H10O3.C4H12O4P.ClH/c1-5(2)6(8)9-4-3-7;5-1-9(2-6,3-7)4-8;/h7H,1,3-4H2,2H3;5-8H,1-4H2;1H/q;+1;/p-1. The summed E-state index contributed by atoms with van der Waals surface area (Å²) in [6.45, 7) is 4.81. The fourth-order valence-corrected chi connectivity index (χ4v) is 1.07. The molecule has 0 aromatic carbocycles. The first kappa shape index (κ1) is 23.8. The maximum absolute atomic E-state index is 10.5. The topological polar surface area (TPSA) is 127 Å². The van der Waals surface area contributed by atoms with Crippen molar-refractivity contribution in [1.82, 2.24) is 0 Å². The van der Waals surface area contributed by atoms with Gasteiger partial charge in [-0.15, -0.1) is 0 Å². The van der Waals surface area contributed by atoms with E-state index in [1.807, 2.05) is 0 Å². The van der Waals surface area contributed by atoms with Crippen molar-refractivity contribution in [3.8, 4) is 0 Å². The van der Waals surface area contributed by atoms with Gasteiger partial charge in [0.05, 0.1) is 6.61 Å². The van der Waals surface area contributed by atoms with Gasteiger partial charge in [0.15, 0.2) is 25.4 Å². The molecule has 0 unspecified atom stereocenters. The van der Waals surface area contributed by atoms with E-state index in [1.54, 1.807) is 6.92 Å². The molecule has 0 heterocycles. The Bertz CT molecular complexity index is 229. The molecule has 7 nitrogen and oxygen atoms in total.